The van der Waals surface area contributed by atoms with E-state index in [1.54, 1.807) is 6.92 Å². The number of hydrogen-bond acceptors (Lipinski definition) is 1. The minimum absolute atomic E-state index is 0.533. The van der Waals surface area contributed by atoms with Crippen molar-refractivity contribution in [1.82, 2.24) is 0 Å². The van der Waals surface area contributed by atoms with E-state index in [0.717, 1.165) is 18.3 Å². The van der Waals surface area contributed by atoms with Gasteiger partial charge in [0, 0.05) is 5.57 Å². The third-order valence-electron chi connectivity index (χ3n) is 2.37. The Bertz CT molecular complexity index is 388. The molecule has 0 bridgehead atoms. The highest BCUT2D eigenvalue weighted by atomic mass is 35.5. The first kappa shape index (κ1) is 13.0. The van der Waals surface area contributed by atoms with Gasteiger partial charge in [0.2, 0.25) is 0 Å². The molecule has 0 aliphatic heterocycles. The van der Waals surface area contributed by atoms with E-state index in [9.17, 15) is 4.79 Å². The lowest BCUT2D eigenvalue weighted by Crippen LogP contribution is -1.94. The van der Waals surface area contributed by atoms with Crippen LogP contribution in [0, 0.1) is 5.92 Å². The molecule has 0 unspecified atom stereocenters. The van der Waals surface area contributed by atoms with Crippen LogP contribution in [0.1, 0.15) is 31.9 Å². The number of aldehydes is 1. The summed E-state index contributed by atoms with van der Waals surface area (Å²) in [6, 6.07) is 8.06. The van der Waals surface area contributed by atoms with E-state index in [0.29, 0.717) is 16.5 Å². The molecule has 0 saturated heterocycles. The Labute approximate surface area is 102 Å². The van der Waals surface area contributed by atoms with Gasteiger partial charge in [0.25, 0.3) is 0 Å². The fraction of sp³-hybridized carbons (Fsp3) is 0.357. The minimum Gasteiger partial charge on any atom is -0.298 e. The molecule has 0 fully saturated rings. The zero-order valence-electron chi connectivity index (χ0n) is 9.96. The van der Waals surface area contributed by atoms with Crippen LogP contribution in [0.3, 0.4) is 0 Å². The minimum atomic E-state index is 0.533. The van der Waals surface area contributed by atoms with Gasteiger partial charge in [-0.15, -0.1) is 0 Å². The lowest BCUT2D eigenvalue weighted by Gasteiger charge is -2.06. The second-order valence-electron chi connectivity index (χ2n) is 4.41. The molecule has 1 aromatic carbocycles. The van der Waals surface area contributed by atoms with E-state index in [-0.39, 0.29) is 0 Å². The Morgan fingerprint density at radius 2 is 1.88 bits per heavy atom. The van der Waals surface area contributed by atoms with Gasteiger partial charge in [0.15, 0.2) is 0 Å². The molecule has 0 N–H and O–H groups in total. The lowest BCUT2D eigenvalue weighted by atomic mass is 10.0. The van der Waals surface area contributed by atoms with Crippen molar-refractivity contribution in [2.24, 2.45) is 5.92 Å². The number of rotatable bonds is 4. The van der Waals surface area contributed by atoms with Crippen molar-refractivity contribution in [2.75, 3.05) is 0 Å². The summed E-state index contributed by atoms with van der Waals surface area (Å²) in [5.41, 5.74) is 2.77. The van der Waals surface area contributed by atoms with Crippen LogP contribution < -0.4 is 0 Å². The van der Waals surface area contributed by atoms with Crippen LogP contribution in [0.25, 0.3) is 5.03 Å². The maximum atomic E-state index is 10.6. The second-order valence-corrected chi connectivity index (χ2v) is 4.79. The first-order chi connectivity index (χ1) is 7.54. The first-order valence-electron chi connectivity index (χ1n) is 5.45. The number of hydrogen-bond donors (Lipinski definition) is 0. The monoisotopic (exact) mass is 236 g/mol. The molecular weight excluding hydrogens is 220 g/mol. The molecule has 0 spiro atoms. The van der Waals surface area contributed by atoms with E-state index in [1.165, 1.54) is 5.56 Å². The molecule has 0 aliphatic rings. The van der Waals surface area contributed by atoms with Gasteiger partial charge in [-0.25, -0.2) is 0 Å². The normalized spacial score (nSPS) is 12.6. The molecule has 0 aromatic heterocycles. The van der Waals surface area contributed by atoms with Crippen LogP contribution in [0.2, 0.25) is 0 Å². The summed E-state index contributed by atoms with van der Waals surface area (Å²) in [4.78, 5) is 10.6. The highest BCUT2D eigenvalue weighted by molar-refractivity contribution is 6.50. The van der Waals surface area contributed by atoms with E-state index in [1.807, 2.05) is 12.1 Å². The maximum Gasteiger partial charge on any atom is 0.147 e. The molecule has 1 nitrogen and oxygen atoms in total. The van der Waals surface area contributed by atoms with Gasteiger partial charge >= 0.3 is 0 Å². The third kappa shape index (κ3) is 3.49. The molecule has 16 heavy (non-hydrogen) atoms. The molecule has 0 aliphatic carbocycles. The van der Waals surface area contributed by atoms with Crippen LogP contribution in [0.15, 0.2) is 29.8 Å². The molecule has 0 saturated carbocycles. The van der Waals surface area contributed by atoms with Gasteiger partial charge in [-0.3, -0.25) is 4.79 Å². The third-order valence-corrected chi connectivity index (χ3v) is 2.89. The van der Waals surface area contributed by atoms with Gasteiger partial charge in [0.1, 0.15) is 6.29 Å². The van der Waals surface area contributed by atoms with Crippen molar-refractivity contribution < 1.29 is 4.79 Å². The second kappa shape index (κ2) is 5.86. The van der Waals surface area contributed by atoms with Gasteiger partial charge in [0.05, 0.1) is 5.03 Å². The molecular formula is C14H17ClO. The van der Waals surface area contributed by atoms with E-state index in [4.69, 9.17) is 11.6 Å². The molecule has 1 rings (SSSR count). The topological polar surface area (TPSA) is 17.1 Å². The first-order valence-corrected chi connectivity index (χ1v) is 5.83. The SMILES string of the molecule is CC(C=O)=C(Cl)c1ccc(CC(C)C)cc1. The van der Waals surface area contributed by atoms with Gasteiger partial charge in [-0.1, -0.05) is 49.7 Å². The number of carbonyl (C=O) groups excluding carboxylic acids is 1. The smallest absolute Gasteiger partial charge is 0.147 e. The summed E-state index contributed by atoms with van der Waals surface area (Å²) in [5, 5.41) is 0.533. The van der Waals surface area contributed by atoms with Crippen LogP contribution in [-0.4, -0.2) is 6.29 Å². The molecule has 0 atom stereocenters. The maximum absolute atomic E-state index is 10.6. The zero-order valence-corrected chi connectivity index (χ0v) is 10.7. The Hall–Kier alpha value is -1.08. The van der Waals surface area contributed by atoms with Gasteiger partial charge < -0.3 is 0 Å². The number of carbonyl (C=O) groups is 1. The van der Waals surface area contributed by atoms with E-state index in [2.05, 4.69) is 26.0 Å². The largest absolute Gasteiger partial charge is 0.298 e. The predicted octanol–water partition coefficient (Wildman–Crippen LogP) is 4.05. The van der Waals surface area contributed by atoms with Gasteiger partial charge in [-0.2, -0.15) is 0 Å². The molecule has 0 amide bonds. The Morgan fingerprint density at radius 1 is 1.31 bits per heavy atom. The van der Waals surface area contributed by atoms with Crippen molar-refractivity contribution in [2.45, 2.75) is 27.2 Å². The summed E-state index contributed by atoms with van der Waals surface area (Å²) >= 11 is 6.06. The van der Waals surface area contributed by atoms with Crippen molar-refractivity contribution in [3.8, 4) is 0 Å². The molecule has 2 heteroatoms. The van der Waals surface area contributed by atoms with Crippen LogP contribution in [-0.2, 0) is 11.2 Å². The highest BCUT2D eigenvalue weighted by Gasteiger charge is 2.03. The van der Waals surface area contributed by atoms with Crippen molar-refractivity contribution in [3.05, 3.63) is 41.0 Å². The summed E-state index contributed by atoms with van der Waals surface area (Å²) in [6.07, 6.45) is 1.85. The lowest BCUT2D eigenvalue weighted by molar-refractivity contribution is -0.104. The number of allylic oxidation sites excluding steroid dienone is 1. The predicted molar refractivity (Wildman–Crippen MR) is 69.5 cm³/mol. The van der Waals surface area contributed by atoms with Crippen LogP contribution in [0.4, 0.5) is 0 Å². The summed E-state index contributed by atoms with van der Waals surface area (Å²) in [6.45, 7) is 6.10. The molecule has 86 valence electrons. The summed E-state index contributed by atoms with van der Waals surface area (Å²) in [5.74, 6) is 0.647. The van der Waals surface area contributed by atoms with Crippen LogP contribution in [0.5, 0.6) is 0 Å². The summed E-state index contributed by atoms with van der Waals surface area (Å²) in [7, 11) is 0. The quantitative estimate of drug-likeness (QED) is 0.569. The fourth-order valence-corrected chi connectivity index (χ4v) is 1.71. The highest BCUT2D eigenvalue weighted by Crippen LogP contribution is 2.22. The van der Waals surface area contributed by atoms with Crippen molar-refractivity contribution >= 4 is 22.9 Å². The molecule has 0 heterocycles. The number of halogens is 1. The zero-order chi connectivity index (χ0) is 12.1. The Morgan fingerprint density at radius 3 is 2.31 bits per heavy atom. The van der Waals surface area contributed by atoms with Crippen molar-refractivity contribution in [1.29, 1.82) is 0 Å². The average molecular weight is 237 g/mol. The van der Waals surface area contributed by atoms with E-state index < -0.39 is 0 Å². The molecule has 1 aromatic rings. The Balaban J connectivity index is 2.91. The standard InChI is InChI=1S/C14H17ClO/c1-10(2)8-12-4-6-13(7-5-12)14(15)11(3)9-16/h4-7,9-10H,8H2,1-3H3. The molecule has 0 radical (unpaired) electrons. The average Bonchev–Trinajstić information content (AvgIpc) is 2.27. The Kier molecular flexibility index (Phi) is 4.75. The van der Waals surface area contributed by atoms with Gasteiger partial charge in [-0.05, 0) is 30.4 Å². The van der Waals surface area contributed by atoms with Crippen LogP contribution >= 0.6 is 11.6 Å². The van der Waals surface area contributed by atoms with E-state index >= 15 is 0 Å². The fourth-order valence-electron chi connectivity index (χ4n) is 1.54. The van der Waals surface area contributed by atoms with Crippen molar-refractivity contribution in [3.63, 3.8) is 0 Å². The number of benzene rings is 1. The summed E-state index contributed by atoms with van der Waals surface area (Å²) < 4.78 is 0.